The van der Waals surface area contributed by atoms with Crippen LogP contribution in [0.4, 0.5) is 4.39 Å². The minimum atomic E-state index is -3.99. The molecular formula is C17H15ClFN3O2S. The Morgan fingerprint density at radius 2 is 1.88 bits per heavy atom. The first-order valence-electron chi connectivity index (χ1n) is 7.44. The fraction of sp³-hybridized carbons (Fsp3) is 0.118. The number of nitrogens with zero attached hydrogens (tertiary/aromatic N) is 2. The van der Waals surface area contributed by atoms with E-state index in [9.17, 15) is 12.8 Å². The maximum Gasteiger partial charge on any atom is 0.243 e. The van der Waals surface area contributed by atoms with Crippen LogP contribution in [0.25, 0.3) is 0 Å². The fourth-order valence-electron chi connectivity index (χ4n) is 2.40. The highest BCUT2D eigenvalue weighted by Gasteiger charge is 2.19. The Morgan fingerprint density at radius 1 is 1.12 bits per heavy atom. The molecule has 5 nitrogen and oxygen atoms in total. The molecule has 0 fully saturated rings. The first-order valence-corrected chi connectivity index (χ1v) is 9.31. The maximum atomic E-state index is 13.9. The molecule has 8 heteroatoms. The van der Waals surface area contributed by atoms with Gasteiger partial charge in [0.25, 0.3) is 0 Å². The molecule has 3 aromatic rings. The van der Waals surface area contributed by atoms with Gasteiger partial charge in [-0.25, -0.2) is 17.5 Å². The summed E-state index contributed by atoms with van der Waals surface area (Å²) in [5.41, 5.74) is 1.71. The first-order chi connectivity index (χ1) is 12.0. The van der Waals surface area contributed by atoms with Gasteiger partial charge in [-0.3, -0.25) is 4.68 Å². The fourth-order valence-corrected chi connectivity index (χ4v) is 3.62. The summed E-state index contributed by atoms with van der Waals surface area (Å²) in [6.07, 6.45) is 3.50. The normalized spacial score (nSPS) is 11.6. The SMILES string of the molecule is O=S(=O)(NCc1ccccc1Cn1cccn1)c1ccc(Cl)cc1F. The standard InChI is InChI=1S/C17H15ClFN3O2S/c18-15-6-7-17(16(19)10-15)25(23,24)21-11-13-4-1-2-5-14(13)12-22-9-3-8-20-22/h1-10,21H,11-12H2. The molecule has 0 bridgehead atoms. The van der Waals surface area contributed by atoms with E-state index in [-0.39, 0.29) is 11.6 Å². The van der Waals surface area contributed by atoms with Crippen LogP contribution in [0, 0.1) is 5.82 Å². The van der Waals surface area contributed by atoms with Gasteiger partial charge in [0.15, 0.2) is 0 Å². The lowest BCUT2D eigenvalue weighted by Gasteiger charge is -2.12. The summed E-state index contributed by atoms with van der Waals surface area (Å²) in [6.45, 7) is 0.558. The van der Waals surface area contributed by atoms with Gasteiger partial charge >= 0.3 is 0 Å². The lowest BCUT2D eigenvalue weighted by molar-refractivity contribution is 0.556. The van der Waals surface area contributed by atoms with Crippen molar-refractivity contribution in [3.8, 4) is 0 Å². The molecule has 1 N–H and O–H groups in total. The first kappa shape index (κ1) is 17.6. The minimum absolute atomic E-state index is 0.0435. The van der Waals surface area contributed by atoms with Crippen molar-refractivity contribution in [2.75, 3.05) is 0 Å². The Kier molecular flexibility index (Phi) is 5.17. The molecule has 0 saturated heterocycles. The van der Waals surface area contributed by atoms with Gasteiger partial charge in [0.05, 0.1) is 6.54 Å². The van der Waals surface area contributed by atoms with Crippen LogP contribution in [0.5, 0.6) is 0 Å². The zero-order valence-electron chi connectivity index (χ0n) is 13.1. The van der Waals surface area contributed by atoms with Crippen LogP contribution in [0.15, 0.2) is 65.8 Å². The number of hydrogen-bond donors (Lipinski definition) is 1. The average Bonchev–Trinajstić information content (AvgIpc) is 3.07. The molecule has 1 aromatic heterocycles. The van der Waals surface area contributed by atoms with E-state index in [1.165, 1.54) is 6.07 Å². The second kappa shape index (κ2) is 7.35. The minimum Gasteiger partial charge on any atom is -0.268 e. The summed E-state index contributed by atoms with van der Waals surface area (Å²) in [6, 6.07) is 12.7. The van der Waals surface area contributed by atoms with E-state index < -0.39 is 20.7 Å². The van der Waals surface area contributed by atoms with Crippen LogP contribution in [-0.4, -0.2) is 18.2 Å². The maximum absolute atomic E-state index is 13.9. The molecule has 0 spiro atoms. The number of halogens is 2. The van der Waals surface area contributed by atoms with E-state index in [1.54, 1.807) is 10.9 Å². The van der Waals surface area contributed by atoms with Gasteiger partial charge in [0, 0.05) is 24.0 Å². The van der Waals surface area contributed by atoms with Gasteiger partial charge in [-0.2, -0.15) is 5.10 Å². The number of rotatable bonds is 6. The largest absolute Gasteiger partial charge is 0.268 e. The summed E-state index contributed by atoms with van der Waals surface area (Å²) in [5.74, 6) is -0.884. The molecule has 0 aliphatic rings. The summed E-state index contributed by atoms with van der Waals surface area (Å²) < 4.78 is 42.8. The van der Waals surface area contributed by atoms with Crippen molar-refractivity contribution in [1.29, 1.82) is 0 Å². The van der Waals surface area contributed by atoms with Crippen molar-refractivity contribution in [2.24, 2.45) is 0 Å². The van der Waals surface area contributed by atoms with Gasteiger partial charge in [-0.05, 0) is 35.4 Å². The number of hydrogen-bond acceptors (Lipinski definition) is 3. The summed E-state index contributed by atoms with van der Waals surface area (Å²) in [7, 11) is -3.99. The zero-order valence-corrected chi connectivity index (χ0v) is 14.6. The Hall–Kier alpha value is -2.22. The molecule has 0 amide bonds. The van der Waals surface area contributed by atoms with E-state index in [2.05, 4.69) is 9.82 Å². The van der Waals surface area contributed by atoms with Crippen molar-refractivity contribution >= 4 is 21.6 Å². The third-order valence-electron chi connectivity index (χ3n) is 3.65. The van der Waals surface area contributed by atoms with Crippen molar-refractivity contribution in [3.63, 3.8) is 0 Å². The van der Waals surface area contributed by atoms with Gasteiger partial charge in [-0.15, -0.1) is 0 Å². The Labute approximate surface area is 150 Å². The summed E-state index contributed by atoms with van der Waals surface area (Å²) in [5, 5.41) is 4.28. The van der Waals surface area contributed by atoms with Gasteiger partial charge in [0.2, 0.25) is 10.0 Å². The molecular weight excluding hydrogens is 365 g/mol. The van der Waals surface area contributed by atoms with E-state index in [4.69, 9.17) is 11.6 Å². The molecule has 25 heavy (non-hydrogen) atoms. The number of nitrogens with one attached hydrogen (secondary N) is 1. The molecule has 0 aliphatic carbocycles. The average molecular weight is 380 g/mol. The number of aromatic nitrogens is 2. The van der Waals surface area contributed by atoms with E-state index >= 15 is 0 Å². The molecule has 1 heterocycles. The second-order valence-electron chi connectivity index (χ2n) is 5.37. The van der Waals surface area contributed by atoms with Crippen molar-refractivity contribution in [2.45, 2.75) is 18.0 Å². The molecule has 0 aliphatic heterocycles. The molecule has 0 saturated carbocycles. The van der Waals surface area contributed by atoms with Crippen LogP contribution in [-0.2, 0) is 23.1 Å². The van der Waals surface area contributed by atoms with Crippen LogP contribution in [0.2, 0.25) is 5.02 Å². The highest BCUT2D eigenvalue weighted by Crippen LogP contribution is 2.19. The monoisotopic (exact) mass is 379 g/mol. The van der Waals surface area contributed by atoms with Gasteiger partial charge in [-0.1, -0.05) is 35.9 Å². The zero-order chi connectivity index (χ0) is 17.9. The quantitative estimate of drug-likeness (QED) is 0.715. The third kappa shape index (κ3) is 4.25. The van der Waals surface area contributed by atoms with Crippen molar-refractivity contribution in [3.05, 3.63) is 82.9 Å². The number of benzene rings is 2. The molecule has 0 atom stereocenters. The van der Waals surface area contributed by atoms with Crippen LogP contribution in [0.3, 0.4) is 0 Å². The summed E-state index contributed by atoms with van der Waals surface area (Å²) in [4.78, 5) is -0.429. The highest BCUT2D eigenvalue weighted by molar-refractivity contribution is 7.89. The molecule has 130 valence electrons. The Balaban J connectivity index is 1.79. The molecule has 3 rings (SSSR count). The van der Waals surface area contributed by atoms with E-state index in [0.717, 1.165) is 23.3 Å². The Morgan fingerprint density at radius 3 is 2.56 bits per heavy atom. The third-order valence-corrected chi connectivity index (χ3v) is 5.32. The predicted octanol–water partition coefficient (Wildman–Crippen LogP) is 3.20. The van der Waals surface area contributed by atoms with Crippen LogP contribution in [0.1, 0.15) is 11.1 Å². The smallest absolute Gasteiger partial charge is 0.243 e. The molecule has 0 unspecified atom stereocenters. The van der Waals surface area contributed by atoms with E-state index in [1.807, 2.05) is 36.5 Å². The van der Waals surface area contributed by atoms with Gasteiger partial charge in [0.1, 0.15) is 10.7 Å². The topological polar surface area (TPSA) is 64.0 Å². The lowest BCUT2D eigenvalue weighted by atomic mass is 10.1. The number of sulfonamides is 1. The van der Waals surface area contributed by atoms with Gasteiger partial charge < -0.3 is 0 Å². The second-order valence-corrected chi connectivity index (χ2v) is 7.54. The van der Waals surface area contributed by atoms with Crippen molar-refractivity contribution in [1.82, 2.24) is 14.5 Å². The Bertz CT molecular complexity index is 975. The lowest BCUT2D eigenvalue weighted by Crippen LogP contribution is -2.25. The summed E-state index contributed by atoms with van der Waals surface area (Å²) >= 11 is 5.66. The van der Waals surface area contributed by atoms with Crippen LogP contribution < -0.4 is 4.72 Å². The highest BCUT2D eigenvalue weighted by atomic mass is 35.5. The molecule has 0 radical (unpaired) electrons. The van der Waals surface area contributed by atoms with Crippen LogP contribution >= 0.6 is 11.6 Å². The van der Waals surface area contributed by atoms with E-state index in [0.29, 0.717) is 6.54 Å². The predicted molar refractivity (Wildman–Crippen MR) is 93.2 cm³/mol. The molecule has 2 aromatic carbocycles. The van der Waals surface area contributed by atoms with Crippen molar-refractivity contribution < 1.29 is 12.8 Å².